The van der Waals surface area contributed by atoms with Crippen LogP contribution in [-0.2, 0) is 19.9 Å². The average Bonchev–Trinajstić information content (AvgIpc) is 3.06. The van der Waals surface area contributed by atoms with Crippen LogP contribution < -0.4 is 4.90 Å². The molecule has 0 aromatic carbocycles. The summed E-state index contributed by atoms with van der Waals surface area (Å²) in [5.74, 6) is 3.06. The van der Waals surface area contributed by atoms with Crippen molar-refractivity contribution in [3.8, 4) is 0 Å². The fourth-order valence-corrected chi connectivity index (χ4v) is 4.26. The topological polar surface area (TPSA) is 67.1 Å². The number of anilines is 1. The minimum Gasteiger partial charge on any atom is -0.385 e. The molecule has 1 saturated heterocycles. The largest absolute Gasteiger partial charge is 0.385 e. The number of rotatable bonds is 3. The molecule has 2 aliphatic rings. The first-order valence-electron chi connectivity index (χ1n) is 9.40. The van der Waals surface area contributed by atoms with Crippen molar-refractivity contribution in [2.75, 3.05) is 18.0 Å². The van der Waals surface area contributed by atoms with Gasteiger partial charge in [-0.1, -0.05) is 0 Å². The Morgan fingerprint density at radius 3 is 2.64 bits per heavy atom. The third-order valence-corrected chi connectivity index (χ3v) is 5.68. The fraction of sp³-hybridized carbons (Fsp3) is 0.632. The second-order valence-corrected chi connectivity index (χ2v) is 7.39. The molecule has 0 saturated carbocycles. The molecular weight excluding hydrogens is 314 g/mol. The lowest BCUT2D eigenvalue weighted by atomic mass is 9.90. The van der Waals surface area contributed by atoms with Crippen molar-refractivity contribution in [1.82, 2.24) is 19.5 Å². The zero-order valence-corrected chi connectivity index (χ0v) is 15.1. The first-order chi connectivity index (χ1) is 12.1. The number of imidazole rings is 1. The van der Waals surface area contributed by atoms with Crippen LogP contribution in [0.4, 0.5) is 5.82 Å². The summed E-state index contributed by atoms with van der Waals surface area (Å²) in [6, 6.07) is 0. The molecule has 1 atom stereocenters. The van der Waals surface area contributed by atoms with Gasteiger partial charge in [0.05, 0.1) is 0 Å². The van der Waals surface area contributed by atoms with E-state index in [1.54, 1.807) is 6.20 Å². The number of fused-ring (bicyclic) bond motifs is 1. The summed E-state index contributed by atoms with van der Waals surface area (Å²) in [5.41, 5.74) is 2.61. The van der Waals surface area contributed by atoms with Crippen molar-refractivity contribution in [3.05, 3.63) is 35.3 Å². The summed E-state index contributed by atoms with van der Waals surface area (Å²) in [7, 11) is 1.94. The zero-order valence-electron chi connectivity index (χ0n) is 15.1. The number of nitrogens with zero attached hydrogens (tertiary/aromatic N) is 5. The van der Waals surface area contributed by atoms with Crippen LogP contribution in [0.5, 0.6) is 0 Å². The predicted molar refractivity (Wildman–Crippen MR) is 96.5 cm³/mol. The molecule has 0 radical (unpaired) electrons. The van der Waals surface area contributed by atoms with Gasteiger partial charge >= 0.3 is 0 Å². The average molecular weight is 341 g/mol. The van der Waals surface area contributed by atoms with Gasteiger partial charge in [0.1, 0.15) is 23.6 Å². The van der Waals surface area contributed by atoms with Gasteiger partial charge in [-0.2, -0.15) is 0 Å². The molecule has 1 aliphatic carbocycles. The van der Waals surface area contributed by atoms with Crippen molar-refractivity contribution in [3.63, 3.8) is 0 Å². The molecule has 0 amide bonds. The summed E-state index contributed by atoms with van der Waals surface area (Å²) in [4.78, 5) is 16.2. The third-order valence-electron chi connectivity index (χ3n) is 5.68. The monoisotopic (exact) mass is 341 g/mol. The lowest BCUT2D eigenvalue weighted by Gasteiger charge is -2.36. The standard InChI is InChI=1S/C19H27N5O/c1-13-21-16-6-4-3-5-15(16)18(22-13)24-10-7-14(8-11-24)17(25)19-20-9-12-23(19)2/h9,12,14,17,25H,3-8,10-11H2,1-2H3. The van der Waals surface area contributed by atoms with E-state index in [9.17, 15) is 5.11 Å². The summed E-state index contributed by atoms with van der Waals surface area (Å²) in [6.45, 7) is 3.88. The van der Waals surface area contributed by atoms with Crippen LogP contribution in [0.2, 0.25) is 0 Å². The van der Waals surface area contributed by atoms with Gasteiger partial charge in [0, 0.05) is 43.8 Å². The molecule has 6 nitrogen and oxygen atoms in total. The molecule has 134 valence electrons. The molecule has 1 unspecified atom stereocenters. The van der Waals surface area contributed by atoms with E-state index in [1.807, 2.05) is 24.7 Å². The van der Waals surface area contributed by atoms with Gasteiger partial charge in [0.15, 0.2) is 0 Å². The summed E-state index contributed by atoms with van der Waals surface area (Å²) < 4.78 is 1.92. The molecule has 25 heavy (non-hydrogen) atoms. The summed E-state index contributed by atoms with van der Waals surface area (Å²) >= 11 is 0. The molecule has 1 aliphatic heterocycles. The van der Waals surface area contributed by atoms with E-state index >= 15 is 0 Å². The Morgan fingerprint density at radius 2 is 1.92 bits per heavy atom. The molecular formula is C19H27N5O. The zero-order chi connectivity index (χ0) is 17.4. The SMILES string of the molecule is Cc1nc2c(c(N3CCC(C(O)c4nccn4C)CC3)n1)CCCC2. The molecule has 2 aromatic heterocycles. The Kier molecular flexibility index (Phi) is 4.46. The maximum atomic E-state index is 10.7. The molecule has 0 spiro atoms. The highest BCUT2D eigenvalue weighted by molar-refractivity contribution is 5.50. The second kappa shape index (κ2) is 6.75. The van der Waals surface area contributed by atoms with Crippen LogP contribution in [0.3, 0.4) is 0 Å². The van der Waals surface area contributed by atoms with Crippen molar-refractivity contribution < 1.29 is 5.11 Å². The van der Waals surface area contributed by atoms with E-state index < -0.39 is 6.10 Å². The molecule has 1 N–H and O–H groups in total. The fourth-order valence-electron chi connectivity index (χ4n) is 4.26. The molecule has 6 heteroatoms. The Bertz CT molecular complexity index is 748. The van der Waals surface area contributed by atoms with Crippen LogP contribution in [0.15, 0.2) is 12.4 Å². The van der Waals surface area contributed by atoms with E-state index in [2.05, 4.69) is 14.9 Å². The van der Waals surface area contributed by atoms with Crippen molar-refractivity contribution in [1.29, 1.82) is 0 Å². The van der Waals surface area contributed by atoms with Gasteiger partial charge in [0.25, 0.3) is 0 Å². The van der Waals surface area contributed by atoms with E-state index in [-0.39, 0.29) is 5.92 Å². The number of piperidine rings is 1. The van der Waals surface area contributed by atoms with Gasteiger partial charge in [-0.15, -0.1) is 0 Å². The third kappa shape index (κ3) is 3.15. The molecule has 0 bridgehead atoms. The van der Waals surface area contributed by atoms with E-state index in [4.69, 9.17) is 4.98 Å². The van der Waals surface area contributed by atoms with E-state index in [0.717, 1.165) is 56.2 Å². The number of aromatic nitrogens is 4. The number of aliphatic hydroxyl groups excluding tert-OH is 1. The minimum atomic E-state index is -0.483. The van der Waals surface area contributed by atoms with Crippen LogP contribution in [0.25, 0.3) is 0 Å². The lowest BCUT2D eigenvalue weighted by Crippen LogP contribution is -2.37. The van der Waals surface area contributed by atoms with Crippen LogP contribution in [0, 0.1) is 12.8 Å². The van der Waals surface area contributed by atoms with Gasteiger partial charge in [-0.05, 0) is 51.4 Å². The lowest BCUT2D eigenvalue weighted by molar-refractivity contribution is 0.0824. The van der Waals surface area contributed by atoms with Crippen molar-refractivity contribution in [2.45, 2.75) is 51.6 Å². The quantitative estimate of drug-likeness (QED) is 0.928. The number of hydrogen-bond acceptors (Lipinski definition) is 5. The molecule has 2 aromatic rings. The molecule has 3 heterocycles. The van der Waals surface area contributed by atoms with Crippen LogP contribution in [0.1, 0.15) is 54.7 Å². The first-order valence-corrected chi connectivity index (χ1v) is 9.40. The minimum absolute atomic E-state index is 0.260. The Balaban J connectivity index is 1.49. The van der Waals surface area contributed by atoms with E-state index in [0.29, 0.717) is 0 Å². The van der Waals surface area contributed by atoms with Crippen molar-refractivity contribution >= 4 is 5.82 Å². The maximum absolute atomic E-state index is 10.7. The Hall–Kier alpha value is -1.95. The normalized spacial score (nSPS) is 19.7. The highest BCUT2D eigenvalue weighted by Crippen LogP contribution is 2.34. The highest BCUT2D eigenvalue weighted by atomic mass is 16.3. The van der Waals surface area contributed by atoms with Gasteiger partial charge < -0.3 is 14.6 Å². The predicted octanol–water partition coefficient (Wildman–Crippen LogP) is 2.35. The van der Waals surface area contributed by atoms with Gasteiger partial charge in [0.2, 0.25) is 0 Å². The maximum Gasteiger partial charge on any atom is 0.137 e. The van der Waals surface area contributed by atoms with Crippen LogP contribution >= 0.6 is 0 Å². The summed E-state index contributed by atoms with van der Waals surface area (Å²) in [6.07, 6.45) is 9.75. The Labute approximate surface area is 148 Å². The van der Waals surface area contributed by atoms with Crippen molar-refractivity contribution in [2.24, 2.45) is 13.0 Å². The van der Waals surface area contributed by atoms with Gasteiger partial charge in [-0.25, -0.2) is 15.0 Å². The van der Waals surface area contributed by atoms with Crippen LogP contribution in [-0.4, -0.2) is 37.7 Å². The number of hydrogen-bond donors (Lipinski definition) is 1. The molecule has 4 rings (SSSR count). The second-order valence-electron chi connectivity index (χ2n) is 7.39. The number of aliphatic hydroxyl groups is 1. The number of aryl methyl sites for hydroxylation is 3. The van der Waals surface area contributed by atoms with Gasteiger partial charge in [-0.3, -0.25) is 0 Å². The summed E-state index contributed by atoms with van der Waals surface area (Å²) in [5, 5.41) is 10.7. The Morgan fingerprint density at radius 1 is 1.16 bits per heavy atom. The smallest absolute Gasteiger partial charge is 0.137 e. The molecule has 1 fully saturated rings. The van der Waals surface area contributed by atoms with E-state index in [1.165, 1.54) is 24.1 Å². The highest BCUT2D eigenvalue weighted by Gasteiger charge is 2.30. The first kappa shape index (κ1) is 16.5.